The number of benzene rings is 2. The number of nitrogens with one attached hydrogen (secondary N) is 1. The van der Waals surface area contributed by atoms with Gasteiger partial charge in [0.2, 0.25) is 5.91 Å². The summed E-state index contributed by atoms with van der Waals surface area (Å²) in [5.74, 6) is -0.834. The molecule has 0 radical (unpaired) electrons. The fourth-order valence-corrected chi connectivity index (χ4v) is 3.42. The molecule has 2 aromatic carbocycles. The Kier molecular flexibility index (Phi) is 4.91. The molecule has 0 atom stereocenters. The summed E-state index contributed by atoms with van der Waals surface area (Å²) in [5, 5.41) is 11.9. The van der Waals surface area contributed by atoms with Crippen molar-refractivity contribution in [3.63, 3.8) is 0 Å². The molecule has 7 nitrogen and oxygen atoms in total. The third-order valence-electron chi connectivity index (χ3n) is 4.87. The zero-order valence-corrected chi connectivity index (χ0v) is 16.8. The molecule has 0 spiro atoms. The van der Waals surface area contributed by atoms with Gasteiger partial charge < -0.3 is 5.32 Å². The smallest absolute Gasteiger partial charge is 0.293 e. The van der Waals surface area contributed by atoms with E-state index in [4.69, 9.17) is 0 Å². The van der Waals surface area contributed by atoms with E-state index in [0.29, 0.717) is 22.3 Å². The first-order chi connectivity index (χ1) is 14.3. The minimum absolute atomic E-state index is 0.273. The van der Waals surface area contributed by atoms with Gasteiger partial charge in [-0.25, -0.2) is 13.8 Å². The molecule has 0 saturated heterocycles. The fraction of sp³-hybridized carbons (Fsp3) is 0.182. The van der Waals surface area contributed by atoms with E-state index in [1.165, 1.54) is 24.3 Å². The molecule has 8 heteroatoms. The monoisotopic (exact) mass is 405 g/mol. The maximum Gasteiger partial charge on any atom is 0.293 e. The molecule has 1 N–H and O–H groups in total. The molecule has 0 aliphatic heterocycles. The maximum absolute atomic E-state index is 13.2. The number of aryl methyl sites for hydroxylation is 3. The lowest BCUT2D eigenvalue weighted by Gasteiger charge is -2.11. The van der Waals surface area contributed by atoms with E-state index >= 15 is 0 Å². The molecule has 0 saturated carbocycles. The van der Waals surface area contributed by atoms with Crippen molar-refractivity contribution in [3.05, 3.63) is 81.7 Å². The van der Waals surface area contributed by atoms with Gasteiger partial charge in [-0.2, -0.15) is 10.2 Å². The van der Waals surface area contributed by atoms with Crippen molar-refractivity contribution in [2.24, 2.45) is 0 Å². The van der Waals surface area contributed by atoms with Crippen LogP contribution in [0.4, 0.5) is 10.1 Å². The van der Waals surface area contributed by atoms with Gasteiger partial charge in [0.15, 0.2) is 0 Å². The molecule has 1 amide bonds. The van der Waals surface area contributed by atoms with Crippen molar-refractivity contribution in [2.45, 2.75) is 27.3 Å². The van der Waals surface area contributed by atoms with Gasteiger partial charge in [0.25, 0.3) is 5.56 Å². The second-order valence-electron chi connectivity index (χ2n) is 7.21. The van der Waals surface area contributed by atoms with Crippen LogP contribution in [0.2, 0.25) is 0 Å². The lowest BCUT2D eigenvalue weighted by molar-refractivity contribution is -0.117. The van der Waals surface area contributed by atoms with Crippen LogP contribution in [0.5, 0.6) is 0 Å². The summed E-state index contributed by atoms with van der Waals surface area (Å²) in [6, 6.07) is 11.3. The van der Waals surface area contributed by atoms with Crippen LogP contribution in [-0.2, 0) is 11.3 Å². The third-order valence-corrected chi connectivity index (χ3v) is 4.87. The molecule has 4 aromatic rings. The van der Waals surface area contributed by atoms with Gasteiger partial charge in [-0.05, 0) is 56.7 Å². The normalized spacial score (nSPS) is 11.1. The number of hydrogen-bond donors (Lipinski definition) is 1. The van der Waals surface area contributed by atoms with Crippen molar-refractivity contribution in [1.82, 2.24) is 19.6 Å². The molecule has 0 bridgehead atoms. The average molecular weight is 405 g/mol. The quantitative estimate of drug-likeness (QED) is 0.565. The van der Waals surface area contributed by atoms with Crippen LogP contribution in [0.3, 0.4) is 0 Å². The zero-order valence-electron chi connectivity index (χ0n) is 16.8. The SMILES string of the molecule is Cc1ccc(-n2ncc3c(C)nn(CC(=O)Nc4ccc(F)cc4)c(=O)c32)c(C)c1. The minimum atomic E-state index is -0.437. The van der Waals surface area contributed by atoms with Crippen LogP contribution in [-0.4, -0.2) is 25.5 Å². The lowest BCUT2D eigenvalue weighted by atomic mass is 10.1. The Bertz CT molecular complexity index is 1320. The van der Waals surface area contributed by atoms with Crippen molar-refractivity contribution < 1.29 is 9.18 Å². The van der Waals surface area contributed by atoms with Crippen LogP contribution in [0.25, 0.3) is 16.6 Å². The van der Waals surface area contributed by atoms with Crippen molar-refractivity contribution in [1.29, 1.82) is 0 Å². The molecule has 2 heterocycles. The molecule has 0 unspecified atom stereocenters. The van der Waals surface area contributed by atoms with Crippen LogP contribution in [0.1, 0.15) is 16.8 Å². The van der Waals surface area contributed by atoms with E-state index in [1.807, 2.05) is 32.0 Å². The Morgan fingerprint density at radius 2 is 1.83 bits per heavy atom. The molecule has 0 aliphatic carbocycles. The number of anilines is 1. The van der Waals surface area contributed by atoms with E-state index in [0.717, 1.165) is 21.5 Å². The van der Waals surface area contributed by atoms with Crippen LogP contribution in [0, 0.1) is 26.6 Å². The van der Waals surface area contributed by atoms with E-state index in [1.54, 1.807) is 17.8 Å². The standard InChI is InChI=1S/C22H20FN5O2/c1-13-4-9-19(14(2)10-13)28-21-18(11-24-28)15(3)26-27(22(21)30)12-20(29)25-17-7-5-16(23)6-8-17/h4-11H,12H2,1-3H3,(H,25,29). The third kappa shape index (κ3) is 3.59. The Morgan fingerprint density at radius 3 is 2.53 bits per heavy atom. The number of carbonyl (C=O) groups is 1. The molecule has 2 aromatic heterocycles. The van der Waals surface area contributed by atoms with Crippen molar-refractivity contribution in [3.8, 4) is 5.69 Å². The largest absolute Gasteiger partial charge is 0.324 e. The maximum atomic E-state index is 13.2. The summed E-state index contributed by atoms with van der Waals surface area (Å²) in [6.07, 6.45) is 1.61. The van der Waals surface area contributed by atoms with Gasteiger partial charge in [0.1, 0.15) is 17.9 Å². The van der Waals surface area contributed by atoms with Crippen LogP contribution >= 0.6 is 0 Å². The van der Waals surface area contributed by atoms with Gasteiger partial charge in [0, 0.05) is 11.1 Å². The molecule has 4 rings (SSSR count). The second kappa shape index (κ2) is 7.55. The van der Waals surface area contributed by atoms with E-state index < -0.39 is 17.3 Å². The van der Waals surface area contributed by atoms with E-state index in [9.17, 15) is 14.0 Å². The Morgan fingerprint density at radius 1 is 1.10 bits per heavy atom. The summed E-state index contributed by atoms with van der Waals surface area (Å²) in [4.78, 5) is 25.6. The highest BCUT2D eigenvalue weighted by Crippen LogP contribution is 2.20. The molecular weight excluding hydrogens is 385 g/mol. The summed E-state index contributed by atoms with van der Waals surface area (Å²) >= 11 is 0. The first kappa shape index (κ1) is 19.5. The summed E-state index contributed by atoms with van der Waals surface area (Å²) in [7, 11) is 0. The molecule has 0 aliphatic rings. The number of fused-ring (bicyclic) bond motifs is 1. The van der Waals surface area contributed by atoms with E-state index in [-0.39, 0.29) is 6.54 Å². The summed E-state index contributed by atoms with van der Waals surface area (Å²) in [5.41, 5.74) is 3.87. The molecular formula is C22H20FN5O2. The van der Waals surface area contributed by atoms with Gasteiger partial charge >= 0.3 is 0 Å². The van der Waals surface area contributed by atoms with Gasteiger partial charge in [-0.15, -0.1) is 0 Å². The fourth-order valence-electron chi connectivity index (χ4n) is 3.42. The highest BCUT2D eigenvalue weighted by molar-refractivity contribution is 5.90. The van der Waals surface area contributed by atoms with E-state index in [2.05, 4.69) is 15.5 Å². The number of halogens is 1. The molecule has 152 valence electrons. The number of carbonyl (C=O) groups excluding carboxylic acids is 1. The predicted molar refractivity (Wildman–Crippen MR) is 112 cm³/mol. The number of aromatic nitrogens is 4. The second-order valence-corrected chi connectivity index (χ2v) is 7.21. The highest BCUT2D eigenvalue weighted by Gasteiger charge is 2.17. The van der Waals surface area contributed by atoms with Crippen LogP contribution < -0.4 is 10.9 Å². The number of rotatable bonds is 4. The Hall–Kier alpha value is -3.81. The van der Waals surface area contributed by atoms with Crippen LogP contribution in [0.15, 0.2) is 53.5 Å². The summed E-state index contributed by atoms with van der Waals surface area (Å²) in [6.45, 7) is 5.45. The minimum Gasteiger partial charge on any atom is -0.324 e. The first-order valence-corrected chi connectivity index (χ1v) is 9.42. The summed E-state index contributed by atoms with van der Waals surface area (Å²) < 4.78 is 15.8. The van der Waals surface area contributed by atoms with Crippen molar-refractivity contribution >= 4 is 22.5 Å². The topological polar surface area (TPSA) is 81.8 Å². The number of amides is 1. The predicted octanol–water partition coefficient (Wildman–Crippen LogP) is 3.29. The number of hydrogen-bond acceptors (Lipinski definition) is 4. The number of nitrogens with zero attached hydrogens (tertiary/aromatic N) is 4. The molecule has 0 fully saturated rings. The lowest BCUT2D eigenvalue weighted by Crippen LogP contribution is -2.31. The van der Waals surface area contributed by atoms with Gasteiger partial charge in [0.05, 0.1) is 17.6 Å². The van der Waals surface area contributed by atoms with Gasteiger partial charge in [-0.3, -0.25) is 9.59 Å². The highest BCUT2D eigenvalue weighted by atomic mass is 19.1. The van der Waals surface area contributed by atoms with Gasteiger partial charge in [-0.1, -0.05) is 17.7 Å². The zero-order chi connectivity index (χ0) is 21.4. The molecule has 30 heavy (non-hydrogen) atoms. The Balaban J connectivity index is 1.73. The first-order valence-electron chi connectivity index (χ1n) is 9.42. The Labute approximate surface area is 171 Å². The average Bonchev–Trinajstić information content (AvgIpc) is 3.13. The van der Waals surface area contributed by atoms with Crippen molar-refractivity contribution in [2.75, 3.05) is 5.32 Å².